The fourth-order valence-electron chi connectivity index (χ4n) is 6.05. The molecule has 4 atom stereocenters. The SMILES string of the molecule is Cc1nc(CCNC(=O)[C@H]2[C@@H]3CNC[C@@H](C3)[C@@H]3CCCC(=O)N32)nc2c1CCC2. The zero-order valence-electron chi connectivity index (χ0n) is 17.2. The molecule has 0 aromatic carbocycles. The van der Waals surface area contributed by atoms with Gasteiger partial charge in [-0.2, -0.15) is 0 Å². The maximum absolute atomic E-state index is 13.2. The molecule has 0 saturated carbocycles. The topological polar surface area (TPSA) is 87.2 Å². The highest BCUT2D eigenvalue weighted by molar-refractivity contribution is 5.89. The minimum Gasteiger partial charge on any atom is -0.354 e. The Hall–Kier alpha value is -2.02. The Bertz CT molecular complexity index is 826. The number of carbonyl (C=O) groups excluding carboxylic acids is 2. The Morgan fingerprint density at radius 3 is 2.93 bits per heavy atom. The minimum atomic E-state index is -0.334. The molecule has 7 heteroatoms. The highest BCUT2D eigenvalue weighted by Crippen LogP contribution is 2.39. The fourth-order valence-corrected chi connectivity index (χ4v) is 6.05. The highest BCUT2D eigenvalue weighted by atomic mass is 16.2. The van der Waals surface area contributed by atoms with Gasteiger partial charge in [-0.05, 0) is 63.5 Å². The number of aryl methyl sites for hydroxylation is 2. The van der Waals surface area contributed by atoms with Crippen molar-refractivity contribution < 1.29 is 9.59 Å². The molecule has 156 valence electrons. The zero-order valence-corrected chi connectivity index (χ0v) is 17.2. The molecule has 7 nitrogen and oxygen atoms in total. The largest absolute Gasteiger partial charge is 0.354 e. The van der Waals surface area contributed by atoms with E-state index in [2.05, 4.69) is 22.5 Å². The van der Waals surface area contributed by atoms with Gasteiger partial charge in [0.2, 0.25) is 11.8 Å². The molecule has 1 aliphatic carbocycles. The van der Waals surface area contributed by atoms with Crippen LogP contribution in [0.5, 0.6) is 0 Å². The van der Waals surface area contributed by atoms with Crippen LogP contribution in [0.4, 0.5) is 0 Å². The molecule has 4 heterocycles. The van der Waals surface area contributed by atoms with Crippen LogP contribution in [0.25, 0.3) is 0 Å². The van der Waals surface area contributed by atoms with Crippen LogP contribution in [0.2, 0.25) is 0 Å². The molecular weight excluding hydrogens is 366 g/mol. The number of aromatic nitrogens is 2. The third-order valence-corrected chi connectivity index (χ3v) is 7.35. The fraction of sp³-hybridized carbons (Fsp3) is 0.727. The van der Waals surface area contributed by atoms with Crippen LogP contribution < -0.4 is 10.6 Å². The molecule has 0 radical (unpaired) electrons. The Labute approximate surface area is 172 Å². The number of piperidine rings is 3. The van der Waals surface area contributed by atoms with Gasteiger partial charge in [0.15, 0.2) is 0 Å². The van der Waals surface area contributed by atoms with Crippen molar-refractivity contribution in [3.8, 4) is 0 Å². The van der Waals surface area contributed by atoms with E-state index in [0.717, 1.165) is 63.1 Å². The lowest BCUT2D eigenvalue weighted by atomic mass is 9.72. The third-order valence-electron chi connectivity index (χ3n) is 7.35. The lowest BCUT2D eigenvalue weighted by molar-refractivity contribution is -0.157. The molecule has 4 aliphatic rings. The molecule has 2 bridgehead atoms. The van der Waals surface area contributed by atoms with Gasteiger partial charge in [0, 0.05) is 49.3 Å². The van der Waals surface area contributed by atoms with E-state index < -0.39 is 0 Å². The molecule has 2 amide bonds. The van der Waals surface area contributed by atoms with Gasteiger partial charge in [-0.1, -0.05) is 0 Å². The van der Waals surface area contributed by atoms with Crippen molar-refractivity contribution in [3.05, 3.63) is 22.8 Å². The molecule has 1 aromatic rings. The Morgan fingerprint density at radius 1 is 1.17 bits per heavy atom. The monoisotopic (exact) mass is 397 g/mol. The van der Waals surface area contributed by atoms with Gasteiger partial charge < -0.3 is 15.5 Å². The average molecular weight is 398 g/mol. The number of fused-ring (bicyclic) bond motifs is 5. The molecule has 3 aliphatic heterocycles. The van der Waals surface area contributed by atoms with E-state index in [1.807, 2.05) is 4.90 Å². The standard InChI is InChI=1S/C22H31N5O2/c1-13-16-4-2-5-17(16)26-19(25-13)8-9-24-22(29)21-15-10-14(11-23-12-15)18-6-3-7-20(28)27(18)21/h14-15,18,21,23H,2-12H2,1H3,(H,24,29)/t14-,15+,18+,21-/m1/s1. The van der Waals surface area contributed by atoms with Crippen LogP contribution in [0.3, 0.4) is 0 Å². The zero-order chi connectivity index (χ0) is 20.0. The van der Waals surface area contributed by atoms with Gasteiger partial charge in [-0.3, -0.25) is 9.59 Å². The molecule has 3 saturated heterocycles. The molecule has 3 fully saturated rings. The van der Waals surface area contributed by atoms with Gasteiger partial charge in [0.25, 0.3) is 0 Å². The van der Waals surface area contributed by atoms with E-state index in [9.17, 15) is 9.59 Å². The first-order valence-electron chi connectivity index (χ1n) is 11.3. The average Bonchev–Trinajstić information content (AvgIpc) is 3.18. The number of nitrogens with one attached hydrogen (secondary N) is 2. The van der Waals surface area contributed by atoms with E-state index in [1.54, 1.807) is 0 Å². The summed E-state index contributed by atoms with van der Waals surface area (Å²) >= 11 is 0. The quantitative estimate of drug-likeness (QED) is 0.789. The Balaban J connectivity index is 1.26. The van der Waals surface area contributed by atoms with Gasteiger partial charge in [0.1, 0.15) is 11.9 Å². The number of hydrogen-bond donors (Lipinski definition) is 2. The van der Waals surface area contributed by atoms with E-state index >= 15 is 0 Å². The van der Waals surface area contributed by atoms with Crippen molar-refractivity contribution >= 4 is 11.8 Å². The second-order valence-corrected chi connectivity index (χ2v) is 9.16. The van der Waals surface area contributed by atoms with Crippen molar-refractivity contribution in [2.24, 2.45) is 11.8 Å². The van der Waals surface area contributed by atoms with Crippen LogP contribution in [0.1, 0.15) is 54.9 Å². The summed E-state index contributed by atoms with van der Waals surface area (Å²) in [6, 6.07) is -0.113. The van der Waals surface area contributed by atoms with Crippen LogP contribution in [-0.4, -0.2) is 58.4 Å². The second-order valence-electron chi connectivity index (χ2n) is 9.16. The first-order chi connectivity index (χ1) is 14.1. The van der Waals surface area contributed by atoms with Crippen LogP contribution >= 0.6 is 0 Å². The van der Waals surface area contributed by atoms with Gasteiger partial charge in [-0.15, -0.1) is 0 Å². The molecule has 5 rings (SSSR count). The van der Waals surface area contributed by atoms with E-state index in [1.165, 1.54) is 11.3 Å². The Morgan fingerprint density at radius 2 is 2.03 bits per heavy atom. The van der Waals surface area contributed by atoms with Crippen LogP contribution in [-0.2, 0) is 28.9 Å². The van der Waals surface area contributed by atoms with E-state index in [0.29, 0.717) is 25.3 Å². The molecule has 1 aromatic heterocycles. The summed E-state index contributed by atoms with van der Waals surface area (Å²) in [5, 5.41) is 6.60. The molecule has 29 heavy (non-hydrogen) atoms. The van der Waals surface area contributed by atoms with E-state index in [-0.39, 0.29) is 29.8 Å². The first kappa shape index (κ1) is 19.0. The predicted molar refractivity (Wildman–Crippen MR) is 108 cm³/mol. The summed E-state index contributed by atoms with van der Waals surface area (Å²) in [4.78, 5) is 37.2. The van der Waals surface area contributed by atoms with Crippen molar-refractivity contribution in [2.45, 2.75) is 70.4 Å². The Kier molecular flexibility index (Phi) is 5.02. The van der Waals surface area contributed by atoms with Crippen molar-refractivity contribution in [2.75, 3.05) is 19.6 Å². The molecule has 0 unspecified atom stereocenters. The van der Waals surface area contributed by atoms with Crippen molar-refractivity contribution in [3.63, 3.8) is 0 Å². The number of rotatable bonds is 4. The lowest BCUT2D eigenvalue weighted by Crippen LogP contribution is -2.68. The minimum absolute atomic E-state index is 0.00437. The number of carbonyl (C=O) groups is 2. The summed E-state index contributed by atoms with van der Waals surface area (Å²) in [5.41, 5.74) is 3.59. The lowest BCUT2D eigenvalue weighted by Gasteiger charge is -2.53. The third kappa shape index (κ3) is 3.43. The summed E-state index contributed by atoms with van der Waals surface area (Å²) in [6.45, 7) is 4.36. The predicted octanol–water partition coefficient (Wildman–Crippen LogP) is 0.921. The number of nitrogens with zero attached hydrogens (tertiary/aromatic N) is 3. The van der Waals surface area contributed by atoms with Gasteiger partial charge >= 0.3 is 0 Å². The molecule has 0 spiro atoms. The van der Waals surface area contributed by atoms with Crippen LogP contribution in [0, 0.1) is 18.8 Å². The van der Waals surface area contributed by atoms with E-state index in [4.69, 9.17) is 4.98 Å². The number of amides is 2. The van der Waals surface area contributed by atoms with Crippen LogP contribution in [0.15, 0.2) is 0 Å². The maximum Gasteiger partial charge on any atom is 0.243 e. The molecular formula is C22H31N5O2. The summed E-state index contributed by atoms with van der Waals surface area (Å²) in [7, 11) is 0. The summed E-state index contributed by atoms with van der Waals surface area (Å²) in [6.07, 6.45) is 7.52. The first-order valence-corrected chi connectivity index (χ1v) is 11.3. The maximum atomic E-state index is 13.2. The smallest absolute Gasteiger partial charge is 0.243 e. The van der Waals surface area contributed by atoms with Crippen molar-refractivity contribution in [1.82, 2.24) is 25.5 Å². The van der Waals surface area contributed by atoms with Crippen molar-refractivity contribution in [1.29, 1.82) is 0 Å². The van der Waals surface area contributed by atoms with Gasteiger partial charge in [0.05, 0.1) is 0 Å². The van der Waals surface area contributed by atoms with Gasteiger partial charge in [-0.25, -0.2) is 9.97 Å². The number of hydrogen-bond acceptors (Lipinski definition) is 5. The normalized spacial score (nSPS) is 30.7. The molecule has 2 N–H and O–H groups in total. The summed E-state index contributed by atoms with van der Waals surface area (Å²) < 4.78 is 0. The highest BCUT2D eigenvalue weighted by Gasteiger charge is 2.50. The summed E-state index contributed by atoms with van der Waals surface area (Å²) in [5.74, 6) is 1.68. The second kappa shape index (κ2) is 7.67.